The molecule has 1 unspecified atom stereocenters. The molecule has 1 saturated heterocycles. The molecule has 3 aromatic rings. The quantitative estimate of drug-likeness (QED) is 0.670. The first kappa shape index (κ1) is 20.6. The number of nitrogens with zero attached hydrogens (tertiary/aromatic N) is 1. The van der Waals surface area contributed by atoms with Crippen LogP contribution in [-0.4, -0.2) is 29.9 Å². The van der Waals surface area contributed by atoms with Gasteiger partial charge in [-0.3, -0.25) is 4.79 Å². The van der Waals surface area contributed by atoms with Crippen LogP contribution in [0.15, 0.2) is 48.5 Å². The van der Waals surface area contributed by atoms with Gasteiger partial charge in [-0.2, -0.15) is 0 Å². The van der Waals surface area contributed by atoms with Crippen molar-refractivity contribution in [2.75, 3.05) is 13.1 Å². The van der Waals surface area contributed by atoms with Crippen molar-refractivity contribution in [3.8, 4) is 5.75 Å². The fourth-order valence-corrected chi connectivity index (χ4v) is 4.68. The molecule has 2 heterocycles. The first-order chi connectivity index (χ1) is 13.1. The van der Waals surface area contributed by atoms with Crippen LogP contribution in [0.25, 0.3) is 10.1 Å². The summed E-state index contributed by atoms with van der Waals surface area (Å²) in [5, 5.41) is 0.475. The minimum Gasteiger partial charge on any atom is -0.489 e. The fraction of sp³-hybridized carbons (Fsp3) is 0.286. The molecule has 28 heavy (non-hydrogen) atoms. The van der Waals surface area contributed by atoms with Crippen molar-refractivity contribution in [2.45, 2.75) is 25.5 Å². The predicted molar refractivity (Wildman–Crippen MR) is 113 cm³/mol. The van der Waals surface area contributed by atoms with Crippen LogP contribution in [-0.2, 0) is 6.61 Å². The number of halogens is 2. The first-order valence-corrected chi connectivity index (χ1v) is 9.87. The highest BCUT2D eigenvalue weighted by Gasteiger charge is 2.28. The summed E-state index contributed by atoms with van der Waals surface area (Å²) in [6, 6.07) is 14.3. The topological polar surface area (TPSA) is 55.6 Å². The Morgan fingerprint density at radius 3 is 2.75 bits per heavy atom. The number of likely N-dealkylation sites (tertiary alicyclic amines) is 1. The summed E-state index contributed by atoms with van der Waals surface area (Å²) in [5.74, 6) is 0.272. The zero-order valence-corrected chi connectivity index (χ0v) is 16.9. The lowest BCUT2D eigenvalue weighted by Gasteiger charge is -2.30. The van der Waals surface area contributed by atoms with Gasteiger partial charge in [0.2, 0.25) is 0 Å². The maximum Gasteiger partial charge on any atom is 0.264 e. The number of hydrogen-bond acceptors (Lipinski definition) is 4. The number of carbonyl (C=O) groups excluding carboxylic acids is 1. The van der Waals surface area contributed by atoms with E-state index >= 15 is 0 Å². The van der Waals surface area contributed by atoms with Gasteiger partial charge in [0.15, 0.2) is 0 Å². The lowest BCUT2D eigenvalue weighted by Crippen LogP contribution is -2.45. The molecule has 1 amide bonds. The minimum absolute atomic E-state index is 0. The largest absolute Gasteiger partial charge is 0.489 e. The molecule has 2 N–H and O–H groups in total. The van der Waals surface area contributed by atoms with Crippen LogP contribution >= 0.6 is 23.7 Å². The van der Waals surface area contributed by atoms with E-state index in [-0.39, 0.29) is 36.8 Å². The van der Waals surface area contributed by atoms with Gasteiger partial charge < -0.3 is 15.4 Å². The van der Waals surface area contributed by atoms with Gasteiger partial charge in [0.1, 0.15) is 18.2 Å². The van der Waals surface area contributed by atoms with Crippen molar-refractivity contribution < 1.29 is 13.9 Å². The van der Waals surface area contributed by atoms with Crippen molar-refractivity contribution >= 4 is 39.7 Å². The molecule has 0 aliphatic carbocycles. The lowest BCUT2D eigenvalue weighted by molar-refractivity contribution is 0.0711. The Morgan fingerprint density at radius 1 is 1.21 bits per heavy atom. The van der Waals surface area contributed by atoms with Crippen molar-refractivity contribution in [1.29, 1.82) is 0 Å². The number of amides is 1. The summed E-state index contributed by atoms with van der Waals surface area (Å²) >= 11 is 1.32. The molecule has 0 saturated carbocycles. The van der Waals surface area contributed by atoms with Crippen molar-refractivity contribution in [3.63, 3.8) is 0 Å². The van der Waals surface area contributed by atoms with Gasteiger partial charge in [-0.15, -0.1) is 23.7 Å². The molecule has 1 atom stereocenters. The predicted octanol–water partition coefficient (Wildman–Crippen LogP) is 4.60. The van der Waals surface area contributed by atoms with Gasteiger partial charge in [-0.05, 0) is 37.1 Å². The van der Waals surface area contributed by atoms with E-state index < -0.39 is 0 Å². The third-order valence-corrected chi connectivity index (χ3v) is 6.01. The van der Waals surface area contributed by atoms with E-state index in [1.165, 1.54) is 17.4 Å². The summed E-state index contributed by atoms with van der Waals surface area (Å²) in [7, 11) is 0. The third kappa shape index (κ3) is 4.14. The van der Waals surface area contributed by atoms with E-state index in [2.05, 4.69) is 0 Å². The zero-order valence-electron chi connectivity index (χ0n) is 15.3. The fourth-order valence-electron chi connectivity index (χ4n) is 3.49. The lowest BCUT2D eigenvalue weighted by atomic mass is 10.1. The van der Waals surface area contributed by atoms with Crippen LogP contribution in [0.1, 0.15) is 28.1 Å². The summed E-state index contributed by atoms with van der Waals surface area (Å²) < 4.78 is 21.2. The summed E-state index contributed by atoms with van der Waals surface area (Å²) in [6.07, 6.45) is 1.82. The third-order valence-electron chi connectivity index (χ3n) is 4.83. The standard InChI is InChI=1S/C21H21FN2O2S.ClH/c22-17-9-4-10-18-19(17)16(13-26-15-7-2-1-3-8-15)20(27-18)21(25)24-11-5-6-14(23)12-24;/h1-4,7-10,14H,5-6,11-13,23H2;1H. The Labute approximate surface area is 173 Å². The average Bonchev–Trinajstić information content (AvgIpc) is 3.06. The van der Waals surface area contributed by atoms with Crippen LogP contribution in [0.3, 0.4) is 0 Å². The van der Waals surface area contributed by atoms with Gasteiger partial charge in [0.25, 0.3) is 5.91 Å². The van der Waals surface area contributed by atoms with E-state index in [0.717, 1.165) is 17.5 Å². The molecule has 1 aliphatic heterocycles. The number of hydrogen-bond donors (Lipinski definition) is 1. The summed E-state index contributed by atoms with van der Waals surface area (Å²) in [5.41, 5.74) is 6.65. The Kier molecular flexibility index (Phi) is 6.54. The molecule has 0 radical (unpaired) electrons. The van der Waals surface area contributed by atoms with Gasteiger partial charge in [-0.1, -0.05) is 24.3 Å². The van der Waals surface area contributed by atoms with Crippen molar-refractivity contribution in [3.05, 3.63) is 64.8 Å². The van der Waals surface area contributed by atoms with Crippen LogP contribution < -0.4 is 10.5 Å². The molecule has 148 valence electrons. The minimum atomic E-state index is -0.329. The average molecular weight is 421 g/mol. The summed E-state index contributed by atoms with van der Waals surface area (Å²) in [6.45, 7) is 1.36. The van der Waals surface area contributed by atoms with E-state index in [4.69, 9.17) is 10.5 Å². The number of carbonyl (C=O) groups is 1. The molecule has 1 fully saturated rings. The van der Waals surface area contributed by atoms with E-state index in [1.54, 1.807) is 11.0 Å². The number of rotatable bonds is 4. The van der Waals surface area contributed by atoms with Crippen LogP contribution in [0.2, 0.25) is 0 Å². The number of para-hydroxylation sites is 1. The molecule has 4 nitrogen and oxygen atoms in total. The van der Waals surface area contributed by atoms with Gasteiger partial charge >= 0.3 is 0 Å². The molecular weight excluding hydrogens is 399 g/mol. The number of thiophene rings is 1. The monoisotopic (exact) mass is 420 g/mol. The zero-order chi connectivity index (χ0) is 18.8. The maximum atomic E-state index is 14.6. The van der Waals surface area contributed by atoms with Crippen molar-refractivity contribution in [2.24, 2.45) is 5.73 Å². The Bertz CT molecular complexity index is 964. The van der Waals surface area contributed by atoms with Crippen molar-refractivity contribution in [1.82, 2.24) is 4.90 Å². The van der Waals surface area contributed by atoms with E-state index in [0.29, 0.717) is 34.7 Å². The molecule has 1 aliphatic rings. The molecule has 0 spiro atoms. The van der Waals surface area contributed by atoms with Gasteiger partial charge in [0, 0.05) is 34.8 Å². The van der Waals surface area contributed by atoms with Crippen LogP contribution in [0, 0.1) is 5.82 Å². The van der Waals surface area contributed by atoms with E-state index in [9.17, 15) is 9.18 Å². The molecule has 7 heteroatoms. The smallest absolute Gasteiger partial charge is 0.264 e. The summed E-state index contributed by atoms with van der Waals surface area (Å²) in [4.78, 5) is 15.5. The Balaban J connectivity index is 0.00000225. The van der Waals surface area contributed by atoms with Crippen LogP contribution in [0.4, 0.5) is 4.39 Å². The highest BCUT2D eigenvalue weighted by molar-refractivity contribution is 7.21. The molecule has 0 bridgehead atoms. The molecule has 4 rings (SSSR count). The SMILES string of the molecule is Cl.NC1CCCN(C(=O)c2sc3cccc(F)c3c2COc2ccccc2)C1. The molecular formula is C21H22ClFN2O2S. The van der Waals surface area contributed by atoms with Gasteiger partial charge in [-0.25, -0.2) is 4.39 Å². The highest BCUT2D eigenvalue weighted by Crippen LogP contribution is 2.35. The Morgan fingerprint density at radius 2 is 2.00 bits per heavy atom. The maximum absolute atomic E-state index is 14.6. The number of fused-ring (bicyclic) bond motifs is 1. The second-order valence-corrected chi connectivity index (χ2v) is 7.83. The number of piperidine rings is 1. The highest BCUT2D eigenvalue weighted by atomic mass is 35.5. The Hall–Kier alpha value is -2.15. The van der Waals surface area contributed by atoms with Crippen LogP contribution in [0.5, 0.6) is 5.75 Å². The first-order valence-electron chi connectivity index (χ1n) is 9.06. The second kappa shape index (κ2) is 8.90. The van der Waals surface area contributed by atoms with Gasteiger partial charge in [0.05, 0.1) is 4.88 Å². The number of ether oxygens (including phenoxy) is 1. The molecule has 1 aromatic heterocycles. The normalized spacial score (nSPS) is 16.6. The van der Waals surface area contributed by atoms with E-state index in [1.807, 2.05) is 36.4 Å². The second-order valence-electron chi connectivity index (χ2n) is 6.78. The number of nitrogens with two attached hydrogens (primary N) is 1. The number of benzene rings is 2. The molecule has 2 aromatic carbocycles.